The van der Waals surface area contributed by atoms with Crippen molar-refractivity contribution in [3.05, 3.63) is 65.2 Å². The van der Waals surface area contributed by atoms with Gasteiger partial charge in [-0.1, -0.05) is 36.4 Å². The minimum atomic E-state index is -0.731. The molecule has 1 aliphatic rings. The molecule has 7 nitrogen and oxygen atoms in total. The highest BCUT2D eigenvalue weighted by molar-refractivity contribution is 6.46. The van der Waals surface area contributed by atoms with Crippen LogP contribution in [-0.2, 0) is 9.59 Å². The molecule has 0 radical (unpaired) electrons. The van der Waals surface area contributed by atoms with Gasteiger partial charge in [0.25, 0.3) is 11.7 Å². The molecule has 1 N–H and O–H groups in total. The molecule has 0 bridgehead atoms. The van der Waals surface area contributed by atoms with Gasteiger partial charge in [0.1, 0.15) is 5.76 Å². The number of hydrogen-bond acceptors (Lipinski definition) is 6. The number of carbonyl (C=O) groups is 2. The molecule has 1 atom stereocenters. The van der Waals surface area contributed by atoms with E-state index in [9.17, 15) is 14.7 Å². The number of ketones is 1. The molecule has 1 unspecified atom stereocenters. The van der Waals surface area contributed by atoms with E-state index in [0.29, 0.717) is 48.9 Å². The number of aliphatic hydroxyl groups is 1. The predicted molar refractivity (Wildman–Crippen MR) is 123 cm³/mol. The second kappa shape index (κ2) is 10.3. The third-order valence-corrected chi connectivity index (χ3v) is 5.26. The van der Waals surface area contributed by atoms with E-state index in [1.165, 1.54) is 4.90 Å². The molecular weight excluding hydrogens is 408 g/mol. The first-order valence-corrected chi connectivity index (χ1v) is 10.8. The Labute approximate surface area is 188 Å². The van der Waals surface area contributed by atoms with Crippen LogP contribution in [-0.4, -0.2) is 67.0 Å². The van der Waals surface area contributed by atoms with E-state index in [2.05, 4.69) is 0 Å². The van der Waals surface area contributed by atoms with Crippen molar-refractivity contribution in [1.82, 2.24) is 9.80 Å². The fourth-order valence-electron chi connectivity index (χ4n) is 3.75. The standard InChI is InChI=1S/C25H30N2O5/c1-5-31-19-13-12-18(16-20(19)32-6-2)22-21(23(28)17-10-8-7-9-11-17)24(29)25(30)27(22)15-14-26(3)4/h7-13,16,22,28H,5-6,14-15H2,1-4H3/b23-21-. The van der Waals surface area contributed by atoms with Crippen LogP contribution >= 0.6 is 0 Å². The summed E-state index contributed by atoms with van der Waals surface area (Å²) >= 11 is 0. The second-order valence-corrected chi connectivity index (χ2v) is 7.73. The number of likely N-dealkylation sites (N-methyl/N-ethyl adjacent to an activating group) is 1. The second-order valence-electron chi connectivity index (χ2n) is 7.73. The van der Waals surface area contributed by atoms with E-state index >= 15 is 0 Å². The Morgan fingerprint density at radius 2 is 1.66 bits per heavy atom. The first-order valence-electron chi connectivity index (χ1n) is 10.8. The van der Waals surface area contributed by atoms with E-state index in [4.69, 9.17) is 9.47 Å². The fraction of sp³-hybridized carbons (Fsp3) is 0.360. The number of amides is 1. The van der Waals surface area contributed by atoms with E-state index in [0.717, 1.165) is 0 Å². The van der Waals surface area contributed by atoms with Crippen molar-refractivity contribution in [2.24, 2.45) is 0 Å². The van der Waals surface area contributed by atoms with Crippen LogP contribution < -0.4 is 9.47 Å². The number of ether oxygens (including phenoxy) is 2. The lowest BCUT2D eigenvalue weighted by Gasteiger charge is -2.27. The number of Topliss-reactive ketones (excluding diaryl/α,β-unsaturated/α-hetero) is 1. The lowest BCUT2D eigenvalue weighted by Crippen LogP contribution is -2.35. The average Bonchev–Trinajstić information content (AvgIpc) is 3.04. The lowest BCUT2D eigenvalue weighted by molar-refractivity contribution is -0.140. The zero-order valence-electron chi connectivity index (χ0n) is 19.0. The molecule has 0 spiro atoms. The summed E-state index contributed by atoms with van der Waals surface area (Å²) < 4.78 is 11.4. The number of carbonyl (C=O) groups excluding carboxylic acids is 2. The minimum absolute atomic E-state index is 0.0755. The average molecular weight is 439 g/mol. The third kappa shape index (κ3) is 4.78. The summed E-state index contributed by atoms with van der Waals surface area (Å²) in [6.07, 6.45) is 0. The molecule has 0 saturated carbocycles. The summed E-state index contributed by atoms with van der Waals surface area (Å²) in [5.74, 6) is -0.382. The van der Waals surface area contributed by atoms with Gasteiger partial charge in [0.2, 0.25) is 0 Å². The number of nitrogens with zero attached hydrogens (tertiary/aromatic N) is 2. The Bertz CT molecular complexity index is 1000. The van der Waals surface area contributed by atoms with E-state index in [-0.39, 0.29) is 11.3 Å². The molecule has 0 aliphatic carbocycles. The predicted octanol–water partition coefficient (Wildman–Crippen LogP) is 3.47. The van der Waals surface area contributed by atoms with Crippen molar-refractivity contribution >= 4 is 17.4 Å². The van der Waals surface area contributed by atoms with Gasteiger partial charge in [-0.2, -0.15) is 0 Å². The molecule has 1 heterocycles. The Kier molecular flexibility index (Phi) is 7.53. The molecule has 2 aromatic rings. The van der Waals surface area contributed by atoms with Crippen molar-refractivity contribution in [2.75, 3.05) is 40.4 Å². The smallest absolute Gasteiger partial charge is 0.295 e. The SMILES string of the molecule is CCOc1ccc(C2/C(=C(/O)c3ccccc3)C(=O)C(=O)N2CCN(C)C)cc1OCC. The summed E-state index contributed by atoms with van der Waals surface area (Å²) in [6, 6.07) is 13.4. The molecule has 1 amide bonds. The van der Waals surface area contributed by atoms with Gasteiger partial charge in [0.05, 0.1) is 24.8 Å². The Hall–Kier alpha value is -3.32. The van der Waals surface area contributed by atoms with Crippen molar-refractivity contribution in [2.45, 2.75) is 19.9 Å². The lowest BCUT2D eigenvalue weighted by atomic mass is 9.95. The van der Waals surface area contributed by atoms with Crippen LogP contribution in [0.1, 0.15) is 31.0 Å². The van der Waals surface area contributed by atoms with E-state index in [1.807, 2.05) is 45.0 Å². The van der Waals surface area contributed by atoms with E-state index in [1.54, 1.807) is 36.4 Å². The summed E-state index contributed by atoms with van der Waals surface area (Å²) in [5.41, 5.74) is 1.23. The fourth-order valence-corrected chi connectivity index (χ4v) is 3.75. The summed E-state index contributed by atoms with van der Waals surface area (Å²) in [4.78, 5) is 29.5. The molecule has 7 heteroatoms. The zero-order chi connectivity index (χ0) is 23.3. The van der Waals surface area contributed by atoms with Crippen molar-refractivity contribution in [3.8, 4) is 11.5 Å². The number of benzene rings is 2. The topological polar surface area (TPSA) is 79.3 Å². The van der Waals surface area contributed by atoms with Gasteiger partial charge in [-0.05, 0) is 45.6 Å². The first-order chi connectivity index (χ1) is 15.4. The zero-order valence-corrected chi connectivity index (χ0v) is 19.0. The minimum Gasteiger partial charge on any atom is -0.507 e. The largest absolute Gasteiger partial charge is 0.507 e. The van der Waals surface area contributed by atoms with Crippen LogP contribution in [0.15, 0.2) is 54.1 Å². The van der Waals surface area contributed by atoms with Crippen LogP contribution in [0.25, 0.3) is 5.76 Å². The Balaban J connectivity index is 2.16. The summed E-state index contributed by atoms with van der Waals surface area (Å²) in [5, 5.41) is 11.1. The number of hydrogen-bond donors (Lipinski definition) is 1. The van der Waals surface area contributed by atoms with Gasteiger partial charge in [-0.15, -0.1) is 0 Å². The molecule has 1 saturated heterocycles. The Morgan fingerprint density at radius 3 is 2.28 bits per heavy atom. The molecule has 1 fully saturated rings. The van der Waals surface area contributed by atoms with Crippen molar-refractivity contribution in [1.29, 1.82) is 0 Å². The molecule has 32 heavy (non-hydrogen) atoms. The van der Waals surface area contributed by atoms with Crippen LogP contribution in [0.4, 0.5) is 0 Å². The van der Waals surface area contributed by atoms with E-state index < -0.39 is 17.7 Å². The van der Waals surface area contributed by atoms with Gasteiger partial charge in [-0.3, -0.25) is 9.59 Å². The quantitative estimate of drug-likeness (QED) is 0.367. The van der Waals surface area contributed by atoms with Gasteiger partial charge < -0.3 is 24.4 Å². The maximum Gasteiger partial charge on any atom is 0.295 e. The highest BCUT2D eigenvalue weighted by atomic mass is 16.5. The highest BCUT2D eigenvalue weighted by Crippen LogP contribution is 2.41. The first kappa shape index (κ1) is 23.3. The summed E-state index contributed by atoms with van der Waals surface area (Å²) in [6.45, 7) is 5.60. The van der Waals surface area contributed by atoms with Crippen molar-refractivity contribution < 1.29 is 24.2 Å². The molecular formula is C25H30N2O5. The normalized spacial score (nSPS) is 17.8. The van der Waals surface area contributed by atoms with Crippen LogP contribution in [0.2, 0.25) is 0 Å². The maximum atomic E-state index is 13.1. The van der Waals surface area contributed by atoms with Gasteiger partial charge in [-0.25, -0.2) is 0 Å². The number of aliphatic hydroxyl groups excluding tert-OH is 1. The highest BCUT2D eigenvalue weighted by Gasteiger charge is 2.46. The number of likely N-dealkylation sites (tertiary alicyclic amines) is 1. The van der Waals surface area contributed by atoms with Crippen molar-refractivity contribution in [3.63, 3.8) is 0 Å². The molecule has 1 aliphatic heterocycles. The van der Waals surface area contributed by atoms with Crippen LogP contribution in [0, 0.1) is 0 Å². The van der Waals surface area contributed by atoms with Gasteiger partial charge in [0.15, 0.2) is 11.5 Å². The maximum absolute atomic E-state index is 13.1. The summed E-state index contributed by atoms with van der Waals surface area (Å²) in [7, 11) is 3.80. The Morgan fingerprint density at radius 1 is 1.00 bits per heavy atom. The molecule has 2 aromatic carbocycles. The molecule has 3 rings (SSSR count). The molecule has 0 aromatic heterocycles. The van der Waals surface area contributed by atoms with Gasteiger partial charge >= 0.3 is 0 Å². The van der Waals surface area contributed by atoms with Crippen LogP contribution in [0.3, 0.4) is 0 Å². The monoisotopic (exact) mass is 438 g/mol. The molecule has 170 valence electrons. The number of rotatable bonds is 9. The van der Waals surface area contributed by atoms with Crippen LogP contribution in [0.5, 0.6) is 11.5 Å². The van der Waals surface area contributed by atoms with Gasteiger partial charge in [0, 0.05) is 18.7 Å². The third-order valence-electron chi connectivity index (χ3n) is 5.26.